The summed E-state index contributed by atoms with van der Waals surface area (Å²) in [7, 11) is 0. The number of nitrogens with zero attached hydrogens (tertiary/aromatic N) is 1. The second kappa shape index (κ2) is 9.88. The van der Waals surface area contributed by atoms with Crippen molar-refractivity contribution in [1.82, 2.24) is 10.3 Å². The SMILES string of the molecule is CCCCOCCCNC(=O)Cc1nc(-c2ccccc2)oc1C. The van der Waals surface area contributed by atoms with Gasteiger partial charge in [-0.25, -0.2) is 4.98 Å². The zero-order valence-electron chi connectivity index (χ0n) is 14.5. The number of oxazole rings is 1. The van der Waals surface area contributed by atoms with E-state index in [1.54, 1.807) is 0 Å². The van der Waals surface area contributed by atoms with Crippen LogP contribution in [-0.4, -0.2) is 30.6 Å². The summed E-state index contributed by atoms with van der Waals surface area (Å²) in [6, 6.07) is 9.69. The quantitative estimate of drug-likeness (QED) is 0.677. The monoisotopic (exact) mass is 330 g/mol. The van der Waals surface area contributed by atoms with E-state index in [9.17, 15) is 4.79 Å². The van der Waals surface area contributed by atoms with Gasteiger partial charge in [-0.15, -0.1) is 0 Å². The molecule has 0 aliphatic rings. The molecule has 0 aliphatic heterocycles. The largest absolute Gasteiger partial charge is 0.441 e. The Labute approximate surface area is 143 Å². The van der Waals surface area contributed by atoms with Gasteiger partial charge in [-0.2, -0.15) is 0 Å². The number of benzene rings is 1. The lowest BCUT2D eigenvalue weighted by Gasteiger charge is -2.05. The van der Waals surface area contributed by atoms with Crippen LogP contribution in [0.2, 0.25) is 0 Å². The molecule has 0 bridgehead atoms. The molecule has 0 unspecified atom stereocenters. The van der Waals surface area contributed by atoms with Crippen LogP contribution in [0.1, 0.15) is 37.6 Å². The normalized spacial score (nSPS) is 10.8. The Morgan fingerprint density at radius 1 is 1.21 bits per heavy atom. The maximum atomic E-state index is 12.0. The highest BCUT2D eigenvalue weighted by Crippen LogP contribution is 2.21. The molecule has 24 heavy (non-hydrogen) atoms. The Morgan fingerprint density at radius 3 is 2.71 bits per heavy atom. The van der Waals surface area contributed by atoms with E-state index >= 15 is 0 Å². The van der Waals surface area contributed by atoms with Crippen LogP contribution in [0.15, 0.2) is 34.7 Å². The lowest BCUT2D eigenvalue weighted by Crippen LogP contribution is -2.27. The Balaban J connectivity index is 1.75. The molecule has 1 aromatic carbocycles. The van der Waals surface area contributed by atoms with E-state index in [2.05, 4.69) is 17.2 Å². The van der Waals surface area contributed by atoms with Gasteiger partial charge in [0.15, 0.2) is 0 Å². The maximum absolute atomic E-state index is 12.0. The van der Waals surface area contributed by atoms with E-state index in [1.807, 2.05) is 37.3 Å². The number of nitrogens with one attached hydrogen (secondary N) is 1. The molecule has 0 spiro atoms. The van der Waals surface area contributed by atoms with Crippen LogP contribution in [0.4, 0.5) is 0 Å². The lowest BCUT2D eigenvalue weighted by molar-refractivity contribution is -0.120. The summed E-state index contributed by atoms with van der Waals surface area (Å²) in [4.78, 5) is 16.5. The highest BCUT2D eigenvalue weighted by molar-refractivity contribution is 5.78. The van der Waals surface area contributed by atoms with Gasteiger partial charge >= 0.3 is 0 Å². The van der Waals surface area contributed by atoms with Crippen molar-refractivity contribution in [2.45, 2.75) is 39.5 Å². The van der Waals surface area contributed by atoms with Crippen LogP contribution in [0.25, 0.3) is 11.5 Å². The first kappa shape index (κ1) is 18.2. The highest BCUT2D eigenvalue weighted by atomic mass is 16.5. The van der Waals surface area contributed by atoms with Gasteiger partial charge in [0.25, 0.3) is 0 Å². The van der Waals surface area contributed by atoms with E-state index in [1.165, 1.54) is 0 Å². The predicted octanol–water partition coefficient (Wildman–Crippen LogP) is 3.52. The van der Waals surface area contributed by atoms with Gasteiger partial charge in [-0.1, -0.05) is 31.5 Å². The molecule has 1 amide bonds. The summed E-state index contributed by atoms with van der Waals surface area (Å²) in [6.07, 6.45) is 3.28. The number of unbranched alkanes of at least 4 members (excludes halogenated alkanes) is 1. The summed E-state index contributed by atoms with van der Waals surface area (Å²) >= 11 is 0. The number of ether oxygens (including phenoxy) is 1. The molecule has 5 nitrogen and oxygen atoms in total. The number of rotatable bonds is 10. The Morgan fingerprint density at radius 2 is 1.96 bits per heavy atom. The van der Waals surface area contributed by atoms with Gasteiger partial charge in [0, 0.05) is 25.3 Å². The van der Waals surface area contributed by atoms with E-state index in [0.29, 0.717) is 30.5 Å². The van der Waals surface area contributed by atoms with Crippen molar-refractivity contribution in [2.24, 2.45) is 0 Å². The first-order valence-electron chi connectivity index (χ1n) is 8.57. The molecule has 0 saturated carbocycles. The standard InChI is InChI=1S/C19H26N2O3/c1-3-4-12-23-13-8-11-20-18(22)14-17-15(2)24-19(21-17)16-9-6-5-7-10-16/h5-7,9-10H,3-4,8,11-14H2,1-2H3,(H,20,22). The fraction of sp³-hybridized carbons (Fsp3) is 0.474. The van der Waals surface area contributed by atoms with Gasteiger partial charge in [-0.3, -0.25) is 4.79 Å². The van der Waals surface area contributed by atoms with Crippen LogP contribution in [0.5, 0.6) is 0 Å². The number of carbonyl (C=O) groups excluding carboxylic acids is 1. The van der Waals surface area contributed by atoms with Crippen LogP contribution in [0.3, 0.4) is 0 Å². The highest BCUT2D eigenvalue weighted by Gasteiger charge is 2.14. The van der Waals surface area contributed by atoms with Crippen molar-refractivity contribution < 1.29 is 13.9 Å². The van der Waals surface area contributed by atoms with Crippen LogP contribution >= 0.6 is 0 Å². The summed E-state index contributed by atoms with van der Waals surface area (Å²) in [5, 5.41) is 2.90. The van der Waals surface area contributed by atoms with E-state index < -0.39 is 0 Å². The van der Waals surface area contributed by atoms with Crippen LogP contribution in [-0.2, 0) is 16.0 Å². The van der Waals surface area contributed by atoms with Gasteiger partial charge in [0.1, 0.15) is 5.76 Å². The molecule has 2 rings (SSSR count). The average molecular weight is 330 g/mol. The van der Waals surface area contributed by atoms with Crippen molar-refractivity contribution in [3.63, 3.8) is 0 Å². The number of aromatic nitrogens is 1. The topological polar surface area (TPSA) is 64.4 Å². The van der Waals surface area contributed by atoms with E-state index in [4.69, 9.17) is 9.15 Å². The molecular weight excluding hydrogens is 304 g/mol. The van der Waals surface area contributed by atoms with Crippen molar-refractivity contribution in [1.29, 1.82) is 0 Å². The number of amides is 1. The van der Waals surface area contributed by atoms with Crippen molar-refractivity contribution in [2.75, 3.05) is 19.8 Å². The van der Waals surface area contributed by atoms with E-state index in [0.717, 1.165) is 31.4 Å². The average Bonchev–Trinajstić information content (AvgIpc) is 2.95. The zero-order chi connectivity index (χ0) is 17.2. The fourth-order valence-electron chi connectivity index (χ4n) is 2.26. The lowest BCUT2D eigenvalue weighted by atomic mass is 10.2. The zero-order valence-corrected chi connectivity index (χ0v) is 14.5. The second-order valence-electron chi connectivity index (χ2n) is 5.73. The van der Waals surface area contributed by atoms with E-state index in [-0.39, 0.29) is 12.3 Å². The van der Waals surface area contributed by atoms with Crippen molar-refractivity contribution >= 4 is 5.91 Å². The molecule has 1 heterocycles. The molecule has 0 saturated heterocycles. The van der Waals surface area contributed by atoms with Crippen molar-refractivity contribution in [3.8, 4) is 11.5 Å². The molecule has 0 fully saturated rings. The third-order valence-electron chi connectivity index (χ3n) is 3.67. The predicted molar refractivity (Wildman–Crippen MR) is 93.7 cm³/mol. The third kappa shape index (κ3) is 5.81. The Bertz CT molecular complexity index is 623. The summed E-state index contributed by atoms with van der Waals surface area (Å²) < 4.78 is 11.1. The number of carbonyl (C=O) groups is 1. The first-order chi connectivity index (χ1) is 11.7. The molecule has 130 valence electrons. The van der Waals surface area contributed by atoms with Gasteiger partial charge in [0.05, 0.1) is 12.1 Å². The molecule has 0 atom stereocenters. The second-order valence-corrected chi connectivity index (χ2v) is 5.73. The molecule has 1 N–H and O–H groups in total. The Hall–Kier alpha value is -2.14. The molecule has 5 heteroatoms. The minimum absolute atomic E-state index is 0.0421. The van der Waals surface area contributed by atoms with Crippen LogP contribution < -0.4 is 5.32 Å². The summed E-state index contributed by atoms with van der Waals surface area (Å²) in [6.45, 7) is 6.07. The molecule has 0 radical (unpaired) electrons. The molecule has 2 aromatic rings. The van der Waals surface area contributed by atoms with Gasteiger partial charge in [-0.05, 0) is 31.9 Å². The summed E-state index contributed by atoms with van der Waals surface area (Å²) in [5.41, 5.74) is 1.60. The maximum Gasteiger partial charge on any atom is 0.226 e. The fourth-order valence-corrected chi connectivity index (χ4v) is 2.26. The first-order valence-corrected chi connectivity index (χ1v) is 8.57. The van der Waals surface area contributed by atoms with Crippen LogP contribution in [0, 0.1) is 6.92 Å². The number of aryl methyl sites for hydroxylation is 1. The Kier molecular flexibility index (Phi) is 7.49. The molecule has 0 aliphatic carbocycles. The number of hydrogen-bond acceptors (Lipinski definition) is 4. The minimum atomic E-state index is -0.0421. The van der Waals surface area contributed by atoms with Crippen molar-refractivity contribution in [3.05, 3.63) is 41.8 Å². The van der Waals surface area contributed by atoms with Gasteiger partial charge < -0.3 is 14.5 Å². The minimum Gasteiger partial charge on any atom is -0.441 e. The van der Waals surface area contributed by atoms with Gasteiger partial charge in [0.2, 0.25) is 11.8 Å². The molecule has 1 aromatic heterocycles. The smallest absolute Gasteiger partial charge is 0.226 e. The summed E-state index contributed by atoms with van der Waals surface area (Å²) in [5.74, 6) is 1.20. The third-order valence-corrected chi connectivity index (χ3v) is 3.67. The molecular formula is C19H26N2O3. The number of hydrogen-bond donors (Lipinski definition) is 1.